The molecule has 0 aromatic heterocycles. The summed E-state index contributed by atoms with van der Waals surface area (Å²) in [5.74, 6) is 0.0309. The number of carbonyl (C=O) groups is 1. The third-order valence-corrected chi connectivity index (χ3v) is 6.56. The summed E-state index contributed by atoms with van der Waals surface area (Å²) in [4.78, 5) is 16.3. The van der Waals surface area contributed by atoms with Crippen LogP contribution in [0.5, 0.6) is 0 Å². The van der Waals surface area contributed by atoms with Gasteiger partial charge in [0.05, 0.1) is 16.3 Å². The molecule has 3 rings (SSSR count). The molecular formula is C20H25N3O3S. The van der Waals surface area contributed by atoms with Crippen LogP contribution < -0.4 is 9.80 Å². The fourth-order valence-corrected chi connectivity index (χ4v) is 4.32. The number of carbonyl (C=O) groups excluding carboxylic acids is 1. The van der Waals surface area contributed by atoms with Crippen molar-refractivity contribution in [2.45, 2.75) is 24.8 Å². The van der Waals surface area contributed by atoms with Crippen molar-refractivity contribution in [2.75, 3.05) is 37.0 Å². The number of anilines is 2. The number of amides is 1. The van der Waals surface area contributed by atoms with Gasteiger partial charge < -0.3 is 9.80 Å². The molecule has 1 heterocycles. The molecule has 0 saturated heterocycles. The van der Waals surface area contributed by atoms with Crippen LogP contribution in [0.25, 0.3) is 0 Å². The predicted molar refractivity (Wildman–Crippen MR) is 107 cm³/mol. The first-order valence-electron chi connectivity index (χ1n) is 8.94. The lowest BCUT2D eigenvalue weighted by Crippen LogP contribution is -2.28. The van der Waals surface area contributed by atoms with Gasteiger partial charge in [-0.25, -0.2) is 12.7 Å². The Kier molecular flexibility index (Phi) is 5.53. The van der Waals surface area contributed by atoms with E-state index >= 15 is 0 Å². The van der Waals surface area contributed by atoms with E-state index in [2.05, 4.69) is 4.90 Å². The average molecular weight is 388 g/mol. The standard InChI is InChI=1S/C20H25N3O3S/c1-16(24)23-13-7-12-22(19-10-4-5-11-20(19)23)15-17-8-6-9-18(14-17)27(25,26)21(2)3/h4-6,8-11,14H,7,12-13,15H2,1-3H3. The van der Waals surface area contributed by atoms with E-state index < -0.39 is 10.0 Å². The van der Waals surface area contributed by atoms with Crippen LogP contribution in [0.1, 0.15) is 18.9 Å². The number of sulfonamides is 1. The summed E-state index contributed by atoms with van der Waals surface area (Å²) in [6.45, 7) is 3.64. The lowest BCUT2D eigenvalue weighted by Gasteiger charge is -2.26. The molecule has 1 aliphatic heterocycles. The van der Waals surface area contributed by atoms with Gasteiger partial charge >= 0.3 is 0 Å². The molecule has 27 heavy (non-hydrogen) atoms. The molecule has 1 aliphatic rings. The smallest absolute Gasteiger partial charge is 0.242 e. The fraction of sp³-hybridized carbons (Fsp3) is 0.350. The van der Waals surface area contributed by atoms with Crippen LogP contribution in [-0.2, 0) is 21.4 Å². The first-order valence-corrected chi connectivity index (χ1v) is 10.4. The first-order chi connectivity index (χ1) is 12.8. The van der Waals surface area contributed by atoms with Gasteiger partial charge in [-0.05, 0) is 36.2 Å². The van der Waals surface area contributed by atoms with Crippen LogP contribution in [-0.4, -0.2) is 45.8 Å². The second kappa shape index (κ2) is 7.70. The monoisotopic (exact) mass is 387 g/mol. The molecule has 0 radical (unpaired) electrons. The number of fused-ring (bicyclic) bond motifs is 1. The molecule has 0 aliphatic carbocycles. The largest absolute Gasteiger partial charge is 0.365 e. The van der Waals surface area contributed by atoms with E-state index in [-0.39, 0.29) is 5.91 Å². The van der Waals surface area contributed by atoms with Crippen LogP contribution in [0.15, 0.2) is 53.4 Å². The van der Waals surface area contributed by atoms with Crippen LogP contribution >= 0.6 is 0 Å². The summed E-state index contributed by atoms with van der Waals surface area (Å²) in [5, 5.41) is 0. The van der Waals surface area contributed by atoms with E-state index in [1.54, 1.807) is 25.1 Å². The van der Waals surface area contributed by atoms with Crippen molar-refractivity contribution in [1.29, 1.82) is 0 Å². The van der Waals surface area contributed by atoms with Crippen molar-refractivity contribution in [1.82, 2.24) is 4.31 Å². The summed E-state index contributed by atoms with van der Waals surface area (Å²) in [6.07, 6.45) is 0.851. The maximum absolute atomic E-state index is 12.4. The topological polar surface area (TPSA) is 60.9 Å². The number of hydrogen-bond donors (Lipinski definition) is 0. The third kappa shape index (κ3) is 3.99. The Bertz CT molecular complexity index is 941. The van der Waals surface area contributed by atoms with Crippen LogP contribution in [0.4, 0.5) is 11.4 Å². The Labute approximate surface area is 161 Å². The van der Waals surface area contributed by atoms with Gasteiger partial charge in [0.25, 0.3) is 0 Å². The van der Waals surface area contributed by atoms with Gasteiger partial charge in [-0.2, -0.15) is 0 Å². The summed E-state index contributed by atoms with van der Waals surface area (Å²) in [6, 6.07) is 14.9. The molecule has 0 atom stereocenters. The van der Waals surface area contributed by atoms with Gasteiger partial charge in [0.2, 0.25) is 15.9 Å². The molecule has 6 nitrogen and oxygen atoms in total. The number of para-hydroxylation sites is 2. The summed E-state index contributed by atoms with van der Waals surface area (Å²) in [5.41, 5.74) is 2.81. The number of nitrogens with zero attached hydrogens (tertiary/aromatic N) is 3. The molecule has 0 spiro atoms. The summed E-state index contributed by atoms with van der Waals surface area (Å²) >= 11 is 0. The van der Waals surface area contributed by atoms with E-state index in [4.69, 9.17) is 0 Å². The minimum absolute atomic E-state index is 0.0309. The number of rotatable bonds is 4. The average Bonchev–Trinajstić information content (AvgIpc) is 2.82. The first kappa shape index (κ1) is 19.4. The highest BCUT2D eigenvalue weighted by Gasteiger charge is 2.23. The summed E-state index contributed by atoms with van der Waals surface area (Å²) < 4.78 is 26.1. The van der Waals surface area contributed by atoms with Gasteiger partial charge in [-0.1, -0.05) is 24.3 Å². The Morgan fingerprint density at radius 1 is 1.04 bits per heavy atom. The van der Waals surface area contributed by atoms with Gasteiger partial charge in [0.15, 0.2) is 0 Å². The van der Waals surface area contributed by atoms with Gasteiger partial charge in [-0.15, -0.1) is 0 Å². The fourth-order valence-electron chi connectivity index (χ4n) is 3.35. The van der Waals surface area contributed by atoms with Crippen molar-refractivity contribution in [3.63, 3.8) is 0 Å². The lowest BCUT2D eigenvalue weighted by molar-refractivity contribution is -0.116. The molecule has 0 fully saturated rings. The molecule has 0 bridgehead atoms. The highest BCUT2D eigenvalue weighted by atomic mass is 32.2. The van der Waals surface area contributed by atoms with E-state index in [1.807, 2.05) is 35.2 Å². The van der Waals surface area contributed by atoms with Gasteiger partial charge in [0.1, 0.15) is 0 Å². The number of benzene rings is 2. The predicted octanol–water partition coefficient (Wildman–Crippen LogP) is 2.70. The molecule has 0 unspecified atom stereocenters. The minimum Gasteiger partial charge on any atom is -0.365 e. The highest BCUT2D eigenvalue weighted by Crippen LogP contribution is 2.33. The molecular weight excluding hydrogens is 362 g/mol. The normalized spacial score (nSPS) is 14.8. The second-order valence-corrected chi connectivity index (χ2v) is 9.02. The molecule has 2 aromatic carbocycles. The molecule has 0 saturated carbocycles. The Morgan fingerprint density at radius 2 is 1.74 bits per heavy atom. The molecule has 0 N–H and O–H groups in total. The molecule has 7 heteroatoms. The zero-order valence-electron chi connectivity index (χ0n) is 15.9. The minimum atomic E-state index is -3.47. The zero-order valence-corrected chi connectivity index (χ0v) is 16.7. The second-order valence-electron chi connectivity index (χ2n) is 6.87. The van der Waals surface area contributed by atoms with Crippen LogP contribution in [0.3, 0.4) is 0 Å². The van der Waals surface area contributed by atoms with E-state index in [0.717, 1.165) is 29.9 Å². The maximum Gasteiger partial charge on any atom is 0.242 e. The summed E-state index contributed by atoms with van der Waals surface area (Å²) in [7, 11) is -0.404. The van der Waals surface area contributed by atoms with Gasteiger partial charge in [-0.3, -0.25) is 4.79 Å². The SMILES string of the molecule is CC(=O)N1CCCN(Cc2cccc(S(=O)(=O)N(C)C)c2)c2ccccc21. The lowest BCUT2D eigenvalue weighted by atomic mass is 10.1. The molecule has 144 valence electrons. The highest BCUT2D eigenvalue weighted by molar-refractivity contribution is 7.89. The molecule has 2 aromatic rings. The number of hydrogen-bond acceptors (Lipinski definition) is 4. The van der Waals surface area contributed by atoms with Crippen LogP contribution in [0, 0.1) is 0 Å². The van der Waals surface area contributed by atoms with E-state index in [0.29, 0.717) is 18.0 Å². The Balaban J connectivity index is 1.94. The van der Waals surface area contributed by atoms with Crippen molar-refractivity contribution in [3.05, 3.63) is 54.1 Å². The van der Waals surface area contributed by atoms with Crippen molar-refractivity contribution in [2.24, 2.45) is 0 Å². The third-order valence-electron chi connectivity index (χ3n) is 4.75. The Morgan fingerprint density at radius 3 is 2.41 bits per heavy atom. The zero-order chi connectivity index (χ0) is 19.6. The van der Waals surface area contributed by atoms with Crippen molar-refractivity contribution >= 4 is 27.3 Å². The molecule has 1 amide bonds. The van der Waals surface area contributed by atoms with E-state index in [9.17, 15) is 13.2 Å². The Hall–Kier alpha value is -2.38. The van der Waals surface area contributed by atoms with Crippen molar-refractivity contribution < 1.29 is 13.2 Å². The van der Waals surface area contributed by atoms with Crippen molar-refractivity contribution in [3.8, 4) is 0 Å². The van der Waals surface area contributed by atoms with Gasteiger partial charge in [0, 0.05) is 40.7 Å². The van der Waals surface area contributed by atoms with E-state index in [1.165, 1.54) is 18.4 Å². The quantitative estimate of drug-likeness (QED) is 0.809. The van der Waals surface area contributed by atoms with Crippen LogP contribution in [0.2, 0.25) is 0 Å². The maximum atomic E-state index is 12.4.